The Morgan fingerprint density at radius 1 is 1.14 bits per heavy atom. The number of carbonyl (C=O) groups is 1. The summed E-state index contributed by atoms with van der Waals surface area (Å²) in [6.07, 6.45) is 3.26. The lowest BCUT2D eigenvalue weighted by Gasteiger charge is -1.96. The van der Waals surface area contributed by atoms with Crippen LogP contribution in [-0.4, -0.2) is 15.8 Å². The molecule has 4 nitrogen and oxygen atoms in total. The van der Waals surface area contributed by atoms with Gasteiger partial charge < -0.3 is 9.97 Å². The molecule has 68 valence electrons. The number of hydrogen-bond acceptors (Lipinski definition) is 2. The number of Topliss-reactive ketones (excluding diaryl/α,β-unsaturated/α-hetero) is 1. The van der Waals surface area contributed by atoms with Gasteiger partial charge in [0, 0.05) is 5.56 Å². The number of imidazole rings is 1. The first kappa shape index (κ1) is 7.55. The van der Waals surface area contributed by atoms with E-state index in [1.54, 1.807) is 6.07 Å². The molecule has 0 amide bonds. The third kappa shape index (κ3) is 0.878. The van der Waals surface area contributed by atoms with Crippen molar-refractivity contribution in [1.82, 2.24) is 9.97 Å². The molecule has 0 spiro atoms. The molecule has 2 N–H and O–H groups in total. The van der Waals surface area contributed by atoms with E-state index in [0.29, 0.717) is 17.5 Å². The molecule has 0 bridgehead atoms. The van der Waals surface area contributed by atoms with Crippen LogP contribution in [0.1, 0.15) is 15.9 Å². The van der Waals surface area contributed by atoms with Crippen LogP contribution in [0.2, 0.25) is 0 Å². The van der Waals surface area contributed by atoms with Gasteiger partial charge in [0.25, 0.3) is 0 Å². The van der Waals surface area contributed by atoms with E-state index in [0.717, 1.165) is 11.1 Å². The number of aromatic nitrogens is 2. The minimum absolute atomic E-state index is 0.0797. The molecule has 0 unspecified atom stereocenters. The average Bonchev–Trinajstić information content (AvgIpc) is 2.66. The quantitative estimate of drug-likeness (QED) is 0.635. The summed E-state index contributed by atoms with van der Waals surface area (Å²) in [6.45, 7) is 0. The summed E-state index contributed by atoms with van der Waals surface area (Å²) in [6, 6.07) is 3.52. The van der Waals surface area contributed by atoms with Crippen molar-refractivity contribution in [3.8, 4) is 0 Å². The Balaban J connectivity index is 2.42. The van der Waals surface area contributed by atoms with Gasteiger partial charge in [-0.2, -0.15) is 0 Å². The monoisotopic (exact) mass is 186 g/mol. The first-order valence-corrected chi connectivity index (χ1v) is 4.27. The van der Waals surface area contributed by atoms with Gasteiger partial charge in [0.05, 0.1) is 17.5 Å². The first-order valence-electron chi connectivity index (χ1n) is 4.27. The van der Waals surface area contributed by atoms with Crippen molar-refractivity contribution in [3.05, 3.63) is 40.2 Å². The summed E-state index contributed by atoms with van der Waals surface area (Å²) in [5.41, 5.74) is 2.74. The normalized spacial score (nSPS) is 15.0. The third-order valence-corrected chi connectivity index (χ3v) is 2.42. The zero-order valence-corrected chi connectivity index (χ0v) is 7.18. The summed E-state index contributed by atoms with van der Waals surface area (Å²) in [7, 11) is 0. The maximum Gasteiger partial charge on any atom is 0.323 e. The fourth-order valence-corrected chi connectivity index (χ4v) is 1.76. The molecule has 1 aromatic carbocycles. The number of nitrogens with one attached hydrogen (secondary N) is 2. The number of ketones is 1. The Hall–Kier alpha value is -1.84. The molecule has 2 aromatic rings. The van der Waals surface area contributed by atoms with Crippen molar-refractivity contribution in [1.29, 1.82) is 0 Å². The summed E-state index contributed by atoms with van der Waals surface area (Å²) in [5, 5.41) is 0. The molecule has 1 aromatic heterocycles. The highest BCUT2D eigenvalue weighted by Crippen LogP contribution is 2.24. The number of H-pyrrole nitrogens is 2. The minimum atomic E-state index is -0.246. The first-order chi connectivity index (χ1) is 6.74. The van der Waals surface area contributed by atoms with Crippen molar-refractivity contribution >= 4 is 16.8 Å². The summed E-state index contributed by atoms with van der Waals surface area (Å²) in [5.74, 6) is -0.0797. The van der Waals surface area contributed by atoms with Crippen LogP contribution in [0.15, 0.2) is 16.9 Å². The molecule has 0 saturated carbocycles. The van der Waals surface area contributed by atoms with Gasteiger partial charge >= 0.3 is 5.69 Å². The van der Waals surface area contributed by atoms with Gasteiger partial charge in [-0.3, -0.25) is 4.79 Å². The molecular weight excluding hydrogens is 180 g/mol. The molecule has 0 aliphatic heterocycles. The largest absolute Gasteiger partial charge is 0.323 e. The number of carbonyl (C=O) groups excluding carboxylic acids is 1. The molecule has 2 radical (unpaired) electrons. The smallest absolute Gasteiger partial charge is 0.306 e. The lowest BCUT2D eigenvalue weighted by atomic mass is 10.1. The van der Waals surface area contributed by atoms with Gasteiger partial charge in [-0.25, -0.2) is 4.79 Å². The summed E-state index contributed by atoms with van der Waals surface area (Å²) < 4.78 is 0. The van der Waals surface area contributed by atoms with E-state index in [-0.39, 0.29) is 11.5 Å². The molecule has 1 aliphatic carbocycles. The summed E-state index contributed by atoms with van der Waals surface area (Å²) >= 11 is 0. The Bertz CT molecular complexity index is 592. The fraction of sp³-hybridized carbons (Fsp3) is 0.100. The molecule has 3 rings (SSSR count). The van der Waals surface area contributed by atoms with E-state index >= 15 is 0 Å². The number of benzene rings is 1. The predicted molar refractivity (Wildman–Crippen MR) is 50.2 cm³/mol. The zero-order valence-electron chi connectivity index (χ0n) is 7.18. The Morgan fingerprint density at radius 3 is 2.64 bits per heavy atom. The van der Waals surface area contributed by atoms with E-state index in [2.05, 4.69) is 16.4 Å². The highest BCUT2D eigenvalue weighted by Gasteiger charge is 2.21. The van der Waals surface area contributed by atoms with E-state index in [9.17, 15) is 9.59 Å². The van der Waals surface area contributed by atoms with Gasteiger partial charge in [0.15, 0.2) is 5.78 Å². The molecule has 14 heavy (non-hydrogen) atoms. The van der Waals surface area contributed by atoms with Crippen LogP contribution in [0, 0.1) is 6.42 Å². The van der Waals surface area contributed by atoms with Crippen LogP contribution in [0.5, 0.6) is 0 Å². The van der Waals surface area contributed by atoms with E-state index in [1.165, 1.54) is 0 Å². The summed E-state index contributed by atoms with van der Waals surface area (Å²) in [4.78, 5) is 27.6. The predicted octanol–water partition coefficient (Wildman–Crippen LogP) is 0.676. The SMILES string of the molecule is O=C1[C]Cc2cc3[nH]c(=O)[nH]c3cc21. The Kier molecular flexibility index (Phi) is 1.27. The van der Waals surface area contributed by atoms with E-state index in [4.69, 9.17) is 0 Å². The highest BCUT2D eigenvalue weighted by molar-refractivity contribution is 6.08. The van der Waals surface area contributed by atoms with Crippen LogP contribution in [0.3, 0.4) is 0 Å². The average molecular weight is 186 g/mol. The zero-order chi connectivity index (χ0) is 9.71. The second-order valence-corrected chi connectivity index (χ2v) is 3.32. The van der Waals surface area contributed by atoms with Gasteiger partial charge in [-0.1, -0.05) is 0 Å². The van der Waals surface area contributed by atoms with Crippen LogP contribution in [0.4, 0.5) is 0 Å². The minimum Gasteiger partial charge on any atom is -0.306 e. The lowest BCUT2D eigenvalue weighted by Crippen LogP contribution is -1.99. The Labute approximate surface area is 79.0 Å². The van der Waals surface area contributed by atoms with Crippen molar-refractivity contribution in [2.45, 2.75) is 6.42 Å². The molecule has 4 heteroatoms. The van der Waals surface area contributed by atoms with Crippen molar-refractivity contribution in [2.75, 3.05) is 0 Å². The standard InChI is InChI=1S/C10H6N2O2/c13-9-2-1-5-3-7-8(4-6(5)9)12-10(14)11-7/h3-4H,1H2,(H2,11,12,14). The van der Waals surface area contributed by atoms with Gasteiger partial charge in [0.1, 0.15) is 0 Å². The molecule has 1 heterocycles. The van der Waals surface area contributed by atoms with Crippen LogP contribution < -0.4 is 5.69 Å². The number of hydrogen-bond donors (Lipinski definition) is 2. The second-order valence-electron chi connectivity index (χ2n) is 3.32. The van der Waals surface area contributed by atoms with Crippen LogP contribution in [-0.2, 0) is 6.42 Å². The van der Waals surface area contributed by atoms with Crippen LogP contribution in [0.25, 0.3) is 11.0 Å². The Morgan fingerprint density at radius 2 is 1.86 bits per heavy atom. The molecule has 0 fully saturated rings. The third-order valence-electron chi connectivity index (χ3n) is 2.42. The molecular formula is C10H6N2O2. The van der Waals surface area contributed by atoms with Crippen molar-refractivity contribution < 1.29 is 4.79 Å². The van der Waals surface area contributed by atoms with Gasteiger partial charge in [-0.05, 0) is 24.1 Å². The van der Waals surface area contributed by atoms with Crippen LogP contribution >= 0.6 is 0 Å². The fourth-order valence-electron chi connectivity index (χ4n) is 1.76. The molecule has 0 atom stereocenters. The van der Waals surface area contributed by atoms with Crippen molar-refractivity contribution in [3.63, 3.8) is 0 Å². The van der Waals surface area contributed by atoms with E-state index < -0.39 is 0 Å². The van der Waals surface area contributed by atoms with Crippen molar-refractivity contribution in [2.24, 2.45) is 0 Å². The molecule has 1 aliphatic rings. The maximum atomic E-state index is 11.3. The lowest BCUT2D eigenvalue weighted by molar-refractivity contribution is 0.103. The number of aromatic amines is 2. The van der Waals surface area contributed by atoms with E-state index in [1.807, 2.05) is 6.07 Å². The van der Waals surface area contributed by atoms with Gasteiger partial charge in [-0.15, -0.1) is 0 Å². The maximum absolute atomic E-state index is 11.3. The second kappa shape index (κ2) is 2.35. The number of fused-ring (bicyclic) bond motifs is 2. The highest BCUT2D eigenvalue weighted by atomic mass is 16.1. The topological polar surface area (TPSA) is 65.7 Å². The van der Waals surface area contributed by atoms with Gasteiger partial charge in [0.2, 0.25) is 0 Å². The molecule has 0 saturated heterocycles. The number of rotatable bonds is 0.